The molecular weight excluding hydrogens is 430 g/mol. The van der Waals surface area contributed by atoms with Crippen molar-refractivity contribution in [3.63, 3.8) is 0 Å². The molecule has 2 heterocycles. The van der Waals surface area contributed by atoms with E-state index in [1.807, 2.05) is 60.7 Å². The van der Waals surface area contributed by atoms with Gasteiger partial charge in [-0.15, -0.1) is 0 Å². The number of anilines is 1. The minimum atomic E-state index is -0.385. The molecule has 0 bridgehead atoms. The third kappa shape index (κ3) is 4.21. The molecule has 1 fully saturated rings. The van der Waals surface area contributed by atoms with Gasteiger partial charge >= 0.3 is 6.09 Å². The molecule has 5 nitrogen and oxygen atoms in total. The summed E-state index contributed by atoms with van der Waals surface area (Å²) in [5.41, 5.74) is 3.37. The quantitative estimate of drug-likeness (QED) is 0.314. The van der Waals surface area contributed by atoms with Gasteiger partial charge in [-0.25, -0.2) is 4.79 Å². The summed E-state index contributed by atoms with van der Waals surface area (Å²) in [6.07, 6.45) is 7.78. The number of hydrogen-bond acceptors (Lipinski definition) is 4. The fourth-order valence-electron chi connectivity index (χ4n) is 4.01. The molecule has 1 radical (unpaired) electrons. The summed E-state index contributed by atoms with van der Waals surface area (Å²) in [4.78, 5) is 19.1. The van der Waals surface area contributed by atoms with Crippen LogP contribution in [0.25, 0.3) is 16.8 Å². The number of thiocarbonyl (C=S) groups is 1. The maximum atomic E-state index is 12.6. The fraction of sp³-hybridized carbons (Fsp3) is 0.0741. The Morgan fingerprint density at radius 3 is 2.73 bits per heavy atom. The van der Waals surface area contributed by atoms with Crippen molar-refractivity contribution in [2.24, 2.45) is 0 Å². The van der Waals surface area contributed by atoms with E-state index in [2.05, 4.69) is 28.6 Å². The molecule has 1 atom stereocenters. The fourth-order valence-corrected chi connectivity index (χ4v) is 4.25. The number of carbonyl (C=O) groups excluding carboxylic acids is 1. The monoisotopic (exact) mass is 450 g/mol. The third-order valence-electron chi connectivity index (χ3n) is 5.59. The number of ether oxygens (including phenoxy) is 1. The molecule has 1 aromatic heterocycles. The van der Waals surface area contributed by atoms with Crippen molar-refractivity contribution in [3.05, 3.63) is 114 Å². The molecule has 5 rings (SSSR count). The van der Waals surface area contributed by atoms with E-state index in [1.54, 1.807) is 29.4 Å². The van der Waals surface area contributed by atoms with E-state index in [-0.39, 0.29) is 12.1 Å². The molecule has 1 N–H and O–H groups in total. The Balaban J connectivity index is 1.40. The minimum Gasteiger partial charge on any atom is -0.447 e. The van der Waals surface area contributed by atoms with E-state index in [0.717, 1.165) is 27.5 Å². The van der Waals surface area contributed by atoms with Crippen molar-refractivity contribution in [2.45, 2.75) is 6.04 Å². The maximum Gasteiger partial charge on any atom is 0.415 e. The zero-order valence-electron chi connectivity index (χ0n) is 17.6. The lowest BCUT2D eigenvalue weighted by Gasteiger charge is -2.23. The molecule has 1 aliphatic heterocycles. The first-order valence-electron chi connectivity index (χ1n) is 10.5. The van der Waals surface area contributed by atoms with Crippen LogP contribution in [0.3, 0.4) is 0 Å². The van der Waals surface area contributed by atoms with Crippen molar-refractivity contribution < 1.29 is 9.53 Å². The number of aromatic nitrogens is 1. The highest BCUT2D eigenvalue weighted by Gasteiger charge is 2.36. The Hall–Kier alpha value is -4.03. The molecule has 3 aromatic carbocycles. The third-order valence-corrected chi connectivity index (χ3v) is 5.91. The second-order valence-electron chi connectivity index (χ2n) is 7.58. The van der Waals surface area contributed by atoms with E-state index < -0.39 is 0 Å². The van der Waals surface area contributed by atoms with E-state index in [4.69, 9.17) is 17.0 Å². The number of rotatable bonds is 5. The molecule has 0 saturated carbocycles. The molecule has 0 unspecified atom stereocenters. The van der Waals surface area contributed by atoms with Crippen molar-refractivity contribution in [2.75, 3.05) is 11.5 Å². The molecule has 1 aliphatic rings. The Morgan fingerprint density at radius 1 is 1.06 bits per heavy atom. The lowest BCUT2D eigenvalue weighted by molar-refractivity contribution is 0.179. The number of pyridine rings is 1. The van der Waals surface area contributed by atoms with Gasteiger partial charge in [0.15, 0.2) is 0 Å². The van der Waals surface area contributed by atoms with Crippen molar-refractivity contribution >= 4 is 45.8 Å². The van der Waals surface area contributed by atoms with Gasteiger partial charge in [-0.3, -0.25) is 9.88 Å². The van der Waals surface area contributed by atoms with E-state index in [1.165, 1.54) is 0 Å². The van der Waals surface area contributed by atoms with Crippen LogP contribution in [0.15, 0.2) is 91.3 Å². The zero-order valence-corrected chi connectivity index (χ0v) is 18.5. The van der Waals surface area contributed by atoms with Gasteiger partial charge in [0.1, 0.15) is 11.6 Å². The Kier molecular flexibility index (Phi) is 5.83. The number of fused-ring (bicyclic) bond motifs is 1. The molecule has 0 aliphatic carbocycles. The SMILES string of the molecule is O=C1OC[C@@H](c2ccccc2)N1c1ccncc1/C=[C]/NC(=S)c1cccc2ccccc12. The molecule has 4 aromatic rings. The Morgan fingerprint density at radius 2 is 1.85 bits per heavy atom. The predicted octanol–water partition coefficient (Wildman–Crippen LogP) is 5.67. The number of benzene rings is 3. The normalized spacial score (nSPS) is 15.7. The van der Waals surface area contributed by atoms with Crippen LogP contribution in [0.2, 0.25) is 0 Å². The minimum absolute atomic E-state index is 0.210. The number of amides is 1. The van der Waals surface area contributed by atoms with Crippen LogP contribution in [0.4, 0.5) is 10.5 Å². The predicted molar refractivity (Wildman–Crippen MR) is 134 cm³/mol. The second kappa shape index (κ2) is 9.22. The lowest BCUT2D eigenvalue weighted by Crippen LogP contribution is -2.28. The summed E-state index contributed by atoms with van der Waals surface area (Å²) in [5, 5.41) is 5.27. The van der Waals surface area contributed by atoms with E-state index in [9.17, 15) is 4.79 Å². The lowest BCUT2D eigenvalue weighted by atomic mass is 10.0. The van der Waals surface area contributed by atoms with Gasteiger partial charge in [0, 0.05) is 23.5 Å². The summed E-state index contributed by atoms with van der Waals surface area (Å²) in [7, 11) is 0. The molecule has 1 saturated heterocycles. The first-order chi connectivity index (χ1) is 16.2. The highest BCUT2D eigenvalue weighted by molar-refractivity contribution is 7.80. The van der Waals surface area contributed by atoms with Crippen LogP contribution in [-0.2, 0) is 4.74 Å². The summed E-state index contributed by atoms with van der Waals surface area (Å²) in [5.74, 6) is 0. The number of cyclic esters (lactones) is 1. The smallest absolute Gasteiger partial charge is 0.415 e. The van der Waals surface area contributed by atoms with Crippen LogP contribution < -0.4 is 10.2 Å². The van der Waals surface area contributed by atoms with Crippen molar-refractivity contribution in [3.8, 4) is 0 Å². The Labute approximate surface area is 197 Å². The van der Waals surface area contributed by atoms with Crippen LogP contribution in [0.1, 0.15) is 22.7 Å². The molecule has 0 spiro atoms. The average molecular weight is 451 g/mol. The van der Waals surface area contributed by atoms with Gasteiger partial charge < -0.3 is 10.1 Å². The van der Waals surface area contributed by atoms with E-state index in [0.29, 0.717) is 17.3 Å². The van der Waals surface area contributed by atoms with Gasteiger partial charge in [-0.1, -0.05) is 85.0 Å². The van der Waals surface area contributed by atoms with E-state index >= 15 is 0 Å². The summed E-state index contributed by atoms with van der Waals surface area (Å²) in [6, 6.07) is 25.6. The molecular formula is C27H20N3O2S. The van der Waals surface area contributed by atoms with Crippen LogP contribution >= 0.6 is 12.2 Å². The standard InChI is InChI=1S/C27H20N3O2S/c31-27-30(25(18-32-27)20-8-2-1-3-9-20)24-14-15-28-17-21(24)13-16-29-26(33)23-12-6-10-19-7-4-5-11-22(19)23/h1-15,17,25H,18H2,(H,29,33)/t25-/m0/s1. The van der Waals surface area contributed by atoms with Gasteiger partial charge in [-0.05, 0) is 28.5 Å². The van der Waals surface area contributed by atoms with Crippen molar-refractivity contribution in [1.82, 2.24) is 10.3 Å². The first kappa shape index (κ1) is 20.8. The largest absolute Gasteiger partial charge is 0.447 e. The molecule has 6 heteroatoms. The molecule has 1 amide bonds. The highest BCUT2D eigenvalue weighted by atomic mass is 32.1. The highest BCUT2D eigenvalue weighted by Crippen LogP contribution is 2.35. The van der Waals surface area contributed by atoms with Crippen LogP contribution in [0.5, 0.6) is 0 Å². The summed E-state index contributed by atoms with van der Waals surface area (Å²) >= 11 is 5.61. The number of hydrogen-bond donors (Lipinski definition) is 1. The van der Waals surface area contributed by atoms with Gasteiger partial charge in [-0.2, -0.15) is 0 Å². The van der Waals surface area contributed by atoms with Gasteiger partial charge in [0.2, 0.25) is 0 Å². The molecule has 33 heavy (non-hydrogen) atoms. The van der Waals surface area contributed by atoms with Crippen LogP contribution in [0, 0.1) is 6.20 Å². The maximum absolute atomic E-state index is 12.6. The number of carbonyl (C=O) groups is 1. The van der Waals surface area contributed by atoms with Crippen LogP contribution in [-0.4, -0.2) is 22.7 Å². The first-order valence-corrected chi connectivity index (χ1v) is 10.9. The topological polar surface area (TPSA) is 54.5 Å². The van der Waals surface area contributed by atoms with Crippen molar-refractivity contribution in [1.29, 1.82) is 0 Å². The van der Waals surface area contributed by atoms with Gasteiger partial charge in [0.25, 0.3) is 0 Å². The molecule has 161 valence electrons. The second-order valence-corrected chi connectivity index (χ2v) is 7.99. The van der Waals surface area contributed by atoms with Gasteiger partial charge in [0.05, 0.1) is 17.9 Å². The summed E-state index contributed by atoms with van der Waals surface area (Å²) in [6.45, 7) is 0.293. The number of nitrogens with one attached hydrogen (secondary N) is 1. The summed E-state index contributed by atoms with van der Waals surface area (Å²) < 4.78 is 5.38. The Bertz CT molecular complexity index is 1350. The average Bonchev–Trinajstić information content (AvgIpc) is 3.25. The number of nitrogens with zero attached hydrogens (tertiary/aromatic N) is 2. The zero-order chi connectivity index (χ0) is 22.6.